The fourth-order valence-corrected chi connectivity index (χ4v) is 2.35. The first-order chi connectivity index (χ1) is 11.1. The molecule has 5 heteroatoms. The number of carbonyl (C=O) groups excluding carboxylic acids is 1. The fraction of sp³-hybridized carbons (Fsp3) is 0.111. The van der Waals surface area contributed by atoms with Crippen LogP contribution in [0.3, 0.4) is 0 Å². The van der Waals surface area contributed by atoms with Crippen LogP contribution >= 0.6 is 0 Å². The molecule has 5 nitrogen and oxygen atoms in total. The number of hydrazone groups is 1. The number of para-hydroxylation sites is 1. The zero-order valence-electron chi connectivity index (χ0n) is 12.9. The van der Waals surface area contributed by atoms with Crippen molar-refractivity contribution >= 4 is 23.0 Å². The minimum atomic E-state index is -0.279. The van der Waals surface area contributed by atoms with Crippen LogP contribution in [-0.4, -0.2) is 22.1 Å². The van der Waals surface area contributed by atoms with Crippen LogP contribution in [0.15, 0.2) is 53.9 Å². The Morgan fingerprint density at radius 2 is 2.09 bits per heavy atom. The molecule has 0 radical (unpaired) electrons. The van der Waals surface area contributed by atoms with Crippen molar-refractivity contribution in [2.45, 2.75) is 13.8 Å². The number of nitrogens with zero attached hydrogens (tertiary/aromatic N) is 3. The van der Waals surface area contributed by atoms with E-state index < -0.39 is 0 Å². The zero-order valence-corrected chi connectivity index (χ0v) is 12.9. The number of hydrogen-bond acceptors (Lipinski definition) is 4. The van der Waals surface area contributed by atoms with E-state index in [0.717, 1.165) is 22.0 Å². The van der Waals surface area contributed by atoms with Gasteiger partial charge in [0, 0.05) is 23.3 Å². The Morgan fingerprint density at radius 3 is 2.87 bits per heavy atom. The Kier molecular flexibility index (Phi) is 4.10. The van der Waals surface area contributed by atoms with Crippen LogP contribution < -0.4 is 5.43 Å². The normalized spacial score (nSPS) is 11.0. The SMILES string of the molecule is Cc1nc2c(C)cccc2cc1C(=O)N/N=C\c1cccnc1. The number of aromatic nitrogens is 2. The highest BCUT2D eigenvalue weighted by molar-refractivity contribution is 5.99. The molecule has 1 aromatic carbocycles. The van der Waals surface area contributed by atoms with Gasteiger partial charge < -0.3 is 0 Å². The van der Waals surface area contributed by atoms with Crippen molar-refractivity contribution in [1.82, 2.24) is 15.4 Å². The lowest BCUT2D eigenvalue weighted by atomic mass is 10.1. The van der Waals surface area contributed by atoms with Crippen molar-refractivity contribution < 1.29 is 4.79 Å². The van der Waals surface area contributed by atoms with Gasteiger partial charge in [0.25, 0.3) is 5.91 Å². The molecule has 0 aliphatic carbocycles. The van der Waals surface area contributed by atoms with E-state index in [-0.39, 0.29) is 5.91 Å². The Balaban J connectivity index is 1.83. The second-order valence-electron chi connectivity index (χ2n) is 5.25. The molecular weight excluding hydrogens is 288 g/mol. The average Bonchev–Trinajstić information content (AvgIpc) is 2.56. The van der Waals surface area contributed by atoms with E-state index in [1.54, 1.807) is 18.6 Å². The zero-order chi connectivity index (χ0) is 16.2. The van der Waals surface area contributed by atoms with Gasteiger partial charge in [-0.2, -0.15) is 5.10 Å². The lowest BCUT2D eigenvalue weighted by Gasteiger charge is -2.07. The second kappa shape index (κ2) is 6.36. The summed E-state index contributed by atoms with van der Waals surface area (Å²) >= 11 is 0. The molecule has 0 atom stereocenters. The summed E-state index contributed by atoms with van der Waals surface area (Å²) in [6, 6.07) is 11.4. The third-order valence-corrected chi connectivity index (χ3v) is 3.55. The minimum absolute atomic E-state index is 0.279. The van der Waals surface area contributed by atoms with Crippen molar-refractivity contribution in [1.29, 1.82) is 0 Å². The number of fused-ring (bicyclic) bond motifs is 1. The maximum atomic E-state index is 12.3. The molecule has 0 aliphatic rings. The van der Waals surface area contributed by atoms with Gasteiger partial charge in [-0.3, -0.25) is 14.8 Å². The van der Waals surface area contributed by atoms with Crippen LogP contribution in [0, 0.1) is 13.8 Å². The van der Waals surface area contributed by atoms with Crippen molar-refractivity contribution in [3.63, 3.8) is 0 Å². The second-order valence-corrected chi connectivity index (χ2v) is 5.25. The highest BCUT2D eigenvalue weighted by Crippen LogP contribution is 2.19. The summed E-state index contributed by atoms with van der Waals surface area (Å²) in [7, 11) is 0. The molecule has 1 amide bonds. The molecule has 23 heavy (non-hydrogen) atoms. The Labute approximate surface area is 134 Å². The quantitative estimate of drug-likeness (QED) is 0.597. The lowest BCUT2D eigenvalue weighted by molar-refractivity contribution is 0.0954. The number of nitrogens with one attached hydrogen (secondary N) is 1. The van der Waals surface area contributed by atoms with Crippen molar-refractivity contribution in [2.75, 3.05) is 0 Å². The molecule has 1 N–H and O–H groups in total. The Hall–Kier alpha value is -3.08. The summed E-state index contributed by atoms with van der Waals surface area (Å²) in [6.45, 7) is 3.83. The maximum absolute atomic E-state index is 12.3. The summed E-state index contributed by atoms with van der Waals surface area (Å²) in [5.74, 6) is -0.279. The molecule has 0 fully saturated rings. The molecule has 0 aliphatic heterocycles. The van der Waals surface area contributed by atoms with Crippen LogP contribution in [0.1, 0.15) is 27.2 Å². The Bertz CT molecular complexity index is 888. The predicted octanol–water partition coefficient (Wildman–Crippen LogP) is 3.01. The molecule has 3 aromatic rings. The third-order valence-electron chi connectivity index (χ3n) is 3.55. The van der Waals surface area contributed by atoms with Crippen LogP contribution in [0.25, 0.3) is 10.9 Å². The molecule has 3 rings (SSSR count). The molecule has 2 heterocycles. The highest BCUT2D eigenvalue weighted by atomic mass is 16.2. The molecule has 0 unspecified atom stereocenters. The van der Waals surface area contributed by atoms with E-state index in [4.69, 9.17) is 0 Å². The number of amides is 1. The Morgan fingerprint density at radius 1 is 1.22 bits per heavy atom. The van der Waals surface area contributed by atoms with E-state index in [1.807, 2.05) is 50.2 Å². The average molecular weight is 304 g/mol. The summed E-state index contributed by atoms with van der Waals surface area (Å²) in [5, 5.41) is 4.91. The number of pyridine rings is 2. The lowest BCUT2D eigenvalue weighted by Crippen LogP contribution is -2.19. The molecular formula is C18H16N4O. The first kappa shape index (κ1) is 14.8. The van der Waals surface area contributed by atoms with Crippen molar-refractivity contribution in [3.05, 3.63) is 71.2 Å². The van der Waals surface area contributed by atoms with Crippen molar-refractivity contribution in [2.24, 2.45) is 5.10 Å². The maximum Gasteiger partial charge on any atom is 0.273 e. The summed E-state index contributed by atoms with van der Waals surface area (Å²) in [4.78, 5) is 20.8. The predicted molar refractivity (Wildman–Crippen MR) is 90.5 cm³/mol. The van der Waals surface area contributed by atoms with E-state index in [0.29, 0.717) is 11.3 Å². The van der Waals surface area contributed by atoms with Crippen LogP contribution in [0.2, 0.25) is 0 Å². The third kappa shape index (κ3) is 3.23. The minimum Gasteiger partial charge on any atom is -0.267 e. The molecule has 0 spiro atoms. The van der Waals surface area contributed by atoms with Crippen LogP contribution in [0.4, 0.5) is 0 Å². The van der Waals surface area contributed by atoms with Gasteiger partial charge in [-0.25, -0.2) is 5.43 Å². The van der Waals surface area contributed by atoms with Gasteiger partial charge in [0.1, 0.15) is 0 Å². The van der Waals surface area contributed by atoms with Crippen LogP contribution in [-0.2, 0) is 0 Å². The van der Waals surface area contributed by atoms with E-state index in [2.05, 4.69) is 20.5 Å². The van der Waals surface area contributed by atoms with Gasteiger partial charge in [0.15, 0.2) is 0 Å². The summed E-state index contributed by atoms with van der Waals surface area (Å²) in [5.41, 5.74) is 6.55. The van der Waals surface area contributed by atoms with Gasteiger partial charge in [0.05, 0.1) is 23.0 Å². The smallest absolute Gasteiger partial charge is 0.267 e. The number of carbonyl (C=O) groups is 1. The van der Waals surface area contributed by atoms with Gasteiger partial charge in [-0.1, -0.05) is 24.3 Å². The topological polar surface area (TPSA) is 67.2 Å². The highest BCUT2D eigenvalue weighted by Gasteiger charge is 2.11. The molecule has 2 aromatic heterocycles. The first-order valence-electron chi connectivity index (χ1n) is 7.25. The summed E-state index contributed by atoms with van der Waals surface area (Å²) in [6.07, 6.45) is 4.90. The summed E-state index contributed by atoms with van der Waals surface area (Å²) < 4.78 is 0. The number of rotatable bonds is 3. The number of benzene rings is 1. The van der Waals surface area contributed by atoms with E-state index >= 15 is 0 Å². The standard InChI is InChI=1S/C18H16N4O/c1-12-5-3-7-15-9-16(13(2)21-17(12)15)18(23)22-20-11-14-6-4-8-19-10-14/h3-11H,1-2H3,(H,22,23)/b20-11-. The van der Waals surface area contributed by atoms with Gasteiger partial charge in [0.2, 0.25) is 0 Å². The van der Waals surface area contributed by atoms with Gasteiger partial charge >= 0.3 is 0 Å². The van der Waals surface area contributed by atoms with Crippen molar-refractivity contribution in [3.8, 4) is 0 Å². The monoisotopic (exact) mass is 304 g/mol. The van der Waals surface area contributed by atoms with Crippen LogP contribution in [0.5, 0.6) is 0 Å². The number of hydrogen-bond donors (Lipinski definition) is 1. The molecule has 114 valence electrons. The molecule has 0 saturated carbocycles. The molecule has 0 bridgehead atoms. The number of aryl methyl sites for hydroxylation is 2. The van der Waals surface area contributed by atoms with Gasteiger partial charge in [-0.15, -0.1) is 0 Å². The fourth-order valence-electron chi connectivity index (χ4n) is 2.35. The van der Waals surface area contributed by atoms with E-state index in [9.17, 15) is 4.79 Å². The first-order valence-corrected chi connectivity index (χ1v) is 7.25. The molecule has 0 saturated heterocycles. The van der Waals surface area contributed by atoms with E-state index in [1.165, 1.54) is 0 Å². The van der Waals surface area contributed by atoms with Gasteiger partial charge in [-0.05, 0) is 31.5 Å². The largest absolute Gasteiger partial charge is 0.273 e.